The van der Waals surface area contributed by atoms with Gasteiger partial charge in [-0.25, -0.2) is 0 Å². The summed E-state index contributed by atoms with van der Waals surface area (Å²) in [5, 5.41) is 0. The second-order valence-electron chi connectivity index (χ2n) is 5.84. The second kappa shape index (κ2) is 6.16. The Morgan fingerprint density at radius 3 is 2.80 bits per heavy atom. The van der Waals surface area contributed by atoms with Crippen molar-refractivity contribution < 1.29 is 4.79 Å². The number of benzene rings is 1. The molecule has 0 spiro atoms. The summed E-state index contributed by atoms with van der Waals surface area (Å²) in [5.41, 5.74) is 8.34. The van der Waals surface area contributed by atoms with Crippen LogP contribution in [-0.2, 0) is 0 Å². The van der Waals surface area contributed by atoms with E-state index in [4.69, 9.17) is 5.73 Å². The maximum absolute atomic E-state index is 12.6. The Hall–Kier alpha value is -1.71. The fourth-order valence-electron chi connectivity index (χ4n) is 2.86. The highest BCUT2D eigenvalue weighted by atomic mass is 16.2. The van der Waals surface area contributed by atoms with Gasteiger partial charge in [0.1, 0.15) is 0 Å². The Morgan fingerprint density at radius 2 is 2.20 bits per heavy atom. The first kappa shape index (κ1) is 14.7. The highest BCUT2D eigenvalue weighted by Crippen LogP contribution is 2.25. The molecule has 2 N–H and O–H groups in total. The fourth-order valence-corrected chi connectivity index (χ4v) is 2.86. The van der Waals surface area contributed by atoms with Gasteiger partial charge in [-0.15, -0.1) is 0 Å². The van der Waals surface area contributed by atoms with Gasteiger partial charge in [0, 0.05) is 32.7 Å². The van der Waals surface area contributed by atoms with Crippen LogP contribution < -0.4 is 10.6 Å². The van der Waals surface area contributed by atoms with E-state index in [0.29, 0.717) is 17.2 Å². The molecule has 4 heteroatoms. The van der Waals surface area contributed by atoms with E-state index in [1.165, 1.54) is 6.42 Å². The minimum Gasteiger partial charge on any atom is -0.397 e. The van der Waals surface area contributed by atoms with Gasteiger partial charge in [-0.2, -0.15) is 0 Å². The third-order valence-corrected chi connectivity index (χ3v) is 4.14. The number of hydrogen-bond acceptors (Lipinski definition) is 3. The summed E-state index contributed by atoms with van der Waals surface area (Å²) in [7, 11) is 3.90. The van der Waals surface area contributed by atoms with E-state index >= 15 is 0 Å². The molecule has 1 aliphatic heterocycles. The summed E-state index contributed by atoms with van der Waals surface area (Å²) in [6.45, 7) is 3.94. The number of nitrogen functional groups attached to an aromatic ring is 1. The third kappa shape index (κ3) is 3.06. The first-order valence-corrected chi connectivity index (χ1v) is 7.39. The van der Waals surface area contributed by atoms with Crippen LogP contribution in [0.15, 0.2) is 18.2 Å². The smallest absolute Gasteiger partial charge is 0.253 e. The predicted octanol–water partition coefficient (Wildman–Crippen LogP) is 2.60. The Morgan fingerprint density at radius 1 is 1.45 bits per heavy atom. The quantitative estimate of drug-likeness (QED) is 0.863. The van der Waals surface area contributed by atoms with Crippen LogP contribution in [0, 0.1) is 5.92 Å². The Balaban J connectivity index is 2.15. The van der Waals surface area contributed by atoms with Crippen molar-refractivity contribution in [3.63, 3.8) is 0 Å². The largest absolute Gasteiger partial charge is 0.397 e. The van der Waals surface area contributed by atoms with Crippen molar-refractivity contribution in [2.24, 2.45) is 5.92 Å². The predicted molar refractivity (Wildman–Crippen MR) is 84.1 cm³/mol. The van der Waals surface area contributed by atoms with Gasteiger partial charge >= 0.3 is 0 Å². The third-order valence-electron chi connectivity index (χ3n) is 4.14. The highest BCUT2D eigenvalue weighted by Gasteiger charge is 2.23. The minimum atomic E-state index is 0.111. The number of nitrogens with zero attached hydrogens (tertiary/aromatic N) is 2. The number of nitrogens with two attached hydrogens (primary N) is 1. The number of amides is 1. The first-order chi connectivity index (χ1) is 9.52. The highest BCUT2D eigenvalue weighted by molar-refractivity contribution is 5.96. The fraction of sp³-hybridized carbons (Fsp3) is 0.562. The van der Waals surface area contributed by atoms with Crippen LogP contribution in [0.5, 0.6) is 0 Å². The van der Waals surface area contributed by atoms with Gasteiger partial charge < -0.3 is 15.5 Å². The van der Waals surface area contributed by atoms with Crippen molar-refractivity contribution in [2.75, 3.05) is 37.8 Å². The van der Waals surface area contributed by atoms with Crippen LogP contribution in [0.2, 0.25) is 0 Å². The van der Waals surface area contributed by atoms with Crippen molar-refractivity contribution in [3.05, 3.63) is 23.8 Å². The van der Waals surface area contributed by atoms with Crippen molar-refractivity contribution >= 4 is 17.3 Å². The van der Waals surface area contributed by atoms with E-state index in [1.54, 1.807) is 6.07 Å². The number of anilines is 2. The SMILES string of the molecule is CCC1CCCN(C(=O)c2ccc(N(C)C)c(N)c2)C1. The Labute approximate surface area is 121 Å². The lowest BCUT2D eigenvalue weighted by atomic mass is 9.95. The lowest BCUT2D eigenvalue weighted by Crippen LogP contribution is -2.39. The number of piperidine rings is 1. The molecule has 0 bridgehead atoms. The standard InChI is InChI=1S/C16H25N3O/c1-4-12-6-5-9-19(11-12)16(20)13-7-8-15(18(2)3)14(17)10-13/h7-8,10,12H,4-6,9,11,17H2,1-3H3. The Kier molecular flexibility index (Phi) is 4.53. The number of rotatable bonds is 3. The van der Waals surface area contributed by atoms with Gasteiger partial charge in [-0.05, 0) is 37.0 Å². The molecular formula is C16H25N3O. The molecule has 2 rings (SSSR count). The Bertz CT molecular complexity index is 485. The van der Waals surface area contributed by atoms with Crippen LogP contribution in [-0.4, -0.2) is 38.0 Å². The van der Waals surface area contributed by atoms with Crippen LogP contribution in [0.4, 0.5) is 11.4 Å². The molecule has 1 heterocycles. The molecule has 0 radical (unpaired) electrons. The lowest BCUT2D eigenvalue weighted by Gasteiger charge is -2.32. The zero-order valence-electron chi connectivity index (χ0n) is 12.7. The lowest BCUT2D eigenvalue weighted by molar-refractivity contribution is 0.0671. The molecule has 1 aromatic rings. The number of carbonyl (C=O) groups is 1. The molecule has 4 nitrogen and oxygen atoms in total. The van der Waals surface area contributed by atoms with Crippen LogP contribution in [0.25, 0.3) is 0 Å². The monoisotopic (exact) mass is 275 g/mol. The number of carbonyl (C=O) groups excluding carboxylic acids is 1. The maximum Gasteiger partial charge on any atom is 0.253 e. The zero-order valence-corrected chi connectivity index (χ0v) is 12.7. The molecule has 0 aliphatic carbocycles. The molecule has 1 unspecified atom stereocenters. The zero-order chi connectivity index (χ0) is 14.7. The van der Waals surface area contributed by atoms with Crippen molar-refractivity contribution in [1.82, 2.24) is 4.90 Å². The summed E-state index contributed by atoms with van der Waals surface area (Å²) in [6, 6.07) is 5.60. The van der Waals surface area contributed by atoms with Gasteiger partial charge in [0.25, 0.3) is 5.91 Å². The molecule has 1 aromatic carbocycles. The summed E-state index contributed by atoms with van der Waals surface area (Å²) in [6.07, 6.45) is 3.49. The maximum atomic E-state index is 12.6. The number of likely N-dealkylation sites (tertiary alicyclic amines) is 1. The van der Waals surface area contributed by atoms with E-state index in [2.05, 4.69) is 6.92 Å². The van der Waals surface area contributed by atoms with E-state index in [0.717, 1.165) is 31.6 Å². The number of hydrogen-bond donors (Lipinski definition) is 1. The molecule has 0 aromatic heterocycles. The summed E-state index contributed by atoms with van der Waals surface area (Å²) in [4.78, 5) is 16.5. The molecular weight excluding hydrogens is 250 g/mol. The summed E-state index contributed by atoms with van der Waals surface area (Å²) >= 11 is 0. The average Bonchev–Trinajstić information content (AvgIpc) is 2.46. The molecule has 0 saturated carbocycles. The van der Waals surface area contributed by atoms with Crippen molar-refractivity contribution in [2.45, 2.75) is 26.2 Å². The van der Waals surface area contributed by atoms with E-state index < -0.39 is 0 Å². The molecule has 1 fully saturated rings. The molecule has 1 amide bonds. The second-order valence-corrected chi connectivity index (χ2v) is 5.84. The first-order valence-electron chi connectivity index (χ1n) is 7.39. The van der Waals surface area contributed by atoms with E-state index in [1.807, 2.05) is 36.0 Å². The van der Waals surface area contributed by atoms with Gasteiger partial charge in [-0.3, -0.25) is 4.79 Å². The van der Waals surface area contributed by atoms with E-state index in [9.17, 15) is 4.79 Å². The normalized spacial score (nSPS) is 18.9. The van der Waals surface area contributed by atoms with Gasteiger partial charge in [0.2, 0.25) is 0 Å². The molecule has 1 saturated heterocycles. The van der Waals surface area contributed by atoms with Gasteiger partial charge in [-0.1, -0.05) is 13.3 Å². The molecule has 1 aliphatic rings. The summed E-state index contributed by atoms with van der Waals surface area (Å²) in [5.74, 6) is 0.756. The molecule has 20 heavy (non-hydrogen) atoms. The van der Waals surface area contributed by atoms with Crippen molar-refractivity contribution in [1.29, 1.82) is 0 Å². The molecule has 1 atom stereocenters. The van der Waals surface area contributed by atoms with Gasteiger partial charge in [0.05, 0.1) is 11.4 Å². The van der Waals surface area contributed by atoms with E-state index in [-0.39, 0.29) is 5.91 Å². The topological polar surface area (TPSA) is 49.6 Å². The van der Waals surface area contributed by atoms with Crippen LogP contribution >= 0.6 is 0 Å². The van der Waals surface area contributed by atoms with Crippen molar-refractivity contribution in [3.8, 4) is 0 Å². The summed E-state index contributed by atoms with van der Waals surface area (Å²) < 4.78 is 0. The van der Waals surface area contributed by atoms with Gasteiger partial charge in [0.15, 0.2) is 0 Å². The van der Waals surface area contributed by atoms with Crippen LogP contribution in [0.1, 0.15) is 36.5 Å². The average molecular weight is 275 g/mol. The minimum absolute atomic E-state index is 0.111. The molecule has 110 valence electrons. The van der Waals surface area contributed by atoms with Crippen LogP contribution in [0.3, 0.4) is 0 Å².